The number of sulfonamides is 1. The normalized spacial score (nSPS) is 19.0. The van der Waals surface area contributed by atoms with E-state index in [0.717, 1.165) is 0 Å². The van der Waals surface area contributed by atoms with Crippen LogP contribution in [0.3, 0.4) is 0 Å². The lowest BCUT2D eigenvalue weighted by molar-refractivity contribution is -0.0440. The van der Waals surface area contributed by atoms with Crippen molar-refractivity contribution in [2.75, 3.05) is 37.8 Å². The first-order chi connectivity index (χ1) is 15.7. The molecule has 3 rings (SSSR count). The number of anilines is 1. The maximum Gasteiger partial charge on any atom is 0.255 e. The molecule has 0 aromatic heterocycles. The summed E-state index contributed by atoms with van der Waals surface area (Å²) in [4.78, 5) is 25.3. The Balaban J connectivity index is 1.61. The molecule has 2 N–H and O–H groups in total. The Morgan fingerprint density at radius 3 is 2.30 bits per heavy atom. The molecule has 1 heterocycles. The number of amides is 2. The minimum Gasteiger partial charge on any atom is -0.497 e. The number of nitrogens with one attached hydrogen (secondary N) is 2. The zero-order valence-corrected chi connectivity index (χ0v) is 19.7. The Bertz CT molecular complexity index is 1080. The number of carbonyl (C=O) groups excluding carboxylic acids is 2. The highest BCUT2D eigenvalue weighted by Gasteiger charge is 2.30. The first-order valence-corrected chi connectivity index (χ1v) is 12.3. The first kappa shape index (κ1) is 24.7. The quantitative estimate of drug-likeness (QED) is 0.605. The van der Waals surface area contributed by atoms with Gasteiger partial charge in [0.25, 0.3) is 11.8 Å². The van der Waals surface area contributed by atoms with Crippen LogP contribution in [0.25, 0.3) is 0 Å². The lowest BCUT2D eigenvalue weighted by Gasteiger charge is -2.34. The number of benzene rings is 2. The summed E-state index contributed by atoms with van der Waals surface area (Å²) in [7, 11) is -2.00. The van der Waals surface area contributed by atoms with Crippen molar-refractivity contribution in [3.8, 4) is 5.75 Å². The third-order valence-electron chi connectivity index (χ3n) is 5.20. The zero-order valence-electron chi connectivity index (χ0n) is 18.9. The van der Waals surface area contributed by atoms with Crippen molar-refractivity contribution in [1.82, 2.24) is 9.62 Å². The molecule has 1 aliphatic heterocycles. The largest absolute Gasteiger partial charge is 0.497 e. The van der Waals surface area contributed by atoms with E-state index in [-0.39, 0.29) is 36.0 Å². The molecule has 178 valence electrons. The van der Waals surface area contributed by atoms with Crippen molar-refractivity contribution in [3.05, 3.63) is 59.7 Å². The lowest BCUT2D eigenvalue weighted by atomic mass is 10.1. The number of morpholine rings is 1. The van der Waals surface area contributed by atoms with Gasteiger partial charge < -0.3 is 20.1 Å². The van der Waals surface area contributed by atoms with Crippen LogP contribution < -0.4 is 15.4 Å². The number of methoxy groups -OCH3 is 1. The third kappa shape index (κ3) is 6.53. The molecule has 1 fully saturated rings. The molecule has 2 amide bonds. The van der Waals surface area contributed by atoms with E-state index in [1.165, 1.54) is 11.4 Å². The molecule has 2 aromatic carbocycles. The van der Waals surface area contributed by atoms with Crippen molar-refractivity contribution in [3.63, 3.8) is 0 Å². The van der Waals surface area contributed by atoms with Crippen LogP contribution in [0.4, 0.5) is 5.69 Å². The van der Waals surface area contributed by atoms with Crippen LogP contribution in [0.15, 0.2) is 48.5 Å². The fourth-order valence-electron chi connectivity index (χ4n) is 3.60. The molecule has 1 aliphatic rings. The van der Waals surface area contributed by atoms with Crippen LogP contribution >= 0.6 is 0 Å². The van der Waals surface area contributed by atoms with Gasteiger partial charge in [0.1, 0.15) is 5.75 Å². The van der Waals surface area contributed by atoms with Crippen LogP contribution in [0.5, 0.6) is 5.75 Å². The van der Waals surface area contributed by atoms with Gasteiger partial charge in [-0.25, -0.2) is 8.42 Å². The van der Waals surface area contributed by atoms with Crippen molar-refractivity contribution in [2.24, 2.45) is 0 Å². The van der Waals surface area contributed by atoms with Crippen molar-refractivity contribution in [2.45, 2.75) is 26.1 Å². The van der Waals surface area contributed by atoms with Crippen LogP contribution in [0.1, 0.15) is 34.6 Å². The summed E-state index contributed by atoms with van der Waals surface area (Å²) in [5.74, 6) is -0.448. The molecular weight excluding hydrogens is 446 g/mol. The highest BCUT2D eigenvalue weighted by Crippen LogP contribution is 2.18. The summed E-state index contributed by atoms with van der Waals surface area (Å²) in [6.07, 6.45) is -0.362. The number of hydrogen-bond donors (Lipinski definition) is 2. The number of nitrogens with zero attached hydrogens (tertiary/aromatic N) is 1. The predicted molar refractivity (Wildman–Crippen MR) is 125 cm³/mol. The summed E-state index contributed by atoms with van der Waals surface area (Å²) in [5.41, 5.74) is 0.978. The molecule has 10 heteroatoms. The molecule has 0 aliphatic carbocycles. The van der Waals surface area contributed by atoms with E-state index in [0.29, 0.717) is 30.1 Å². The molecule has 2 aromatic rings. The SMILES string of the molecule is COc1ccc(C(=O)Nc2ccccc2C(=O)NCCS(=O)(=O)N2CC(C)OC(C)C2)cc1. The first-order valence-electron chi connectivity index (χ1n) is 10.7. The Labute approximate surface area is 194 Å². The Kier molecular flexibility index (Phi) is 8.06. The smallest absolute Gasteiger partial charge is 0.255 e. The molecule has 0 saturated carbocycles. The van der Waals surface area contributed by atoms with E-state index in [9.17, 15) is 18.0 Å². The lowest BCUT2D eigenvalue weighted by Crippen LogP contribution is -2.49. The topological polar surface area (TPSA) is 114 Å². The predicted octanol–water partition coefficient (Wildman–Crippen LogP) is 2.12. The minimum atomic E-state index is -3.54. The van der Waals surface area contributed by atoms with Crippen molar-refractivity contribution >= 4 is 27.5 Å². The second-order valence-corrected chi connectivity index (χ2v) is 9.96. The minimum absolute atomic E-state index is 0.0535. The standard InChI is InChI=1S/C23H29N3O6S/c1-16-14-26(15-17(2)32-16)33(29,30)13-12-24-23(28)20-6-4-5-7-21(20)25-22(27)18-8-10-19(31-3)11-9-18/h4-11,16-17H,12-15H2,1-3H3,(H,24,28)(H,25,27). The summed E-state index contributed by atoms with van der Waals surface area (Å²) in [6.45, 7) is 4.19. The van der Waals surface area contributed by atoms with Gasteiger partial charge in [-0.05, 0) is 50.2 Å². The van der Waals surface area contributed by atoms with E-state index in [1.54, 1.807) is 48.5 Å². The summed E-state index contributed by atoms with van der Waals surface area (Å²) >= 11 is 0. The monoisotopic (exact) mass is 475 g/mol. The fourth-order valence-corrected chi connectivity index (χ4v) is 5.10. The van der Waals surface area contributed by atoms with Gasteiger partial charge in [-0.15, -0.1) is 0 Å². The highest BCUT2D eigenvalue weighted by atomic mass is 32.2. The van der Waals surface area contributed by atoms with E-state index in [1.807, 2.05) is 13.8 Å². The van der Waals surface area contributed by atoms with Crippen LogP contribution in [-0.2, 0) is 14.8 Å². The second kappa shape index (κ2) is 10.8. The maximum absolute atomic E-state index is 12.7. The van der Waals surface area contributed by atoms with E-state index >= 15 is 0 Å². The van der Waals surface area contributed by atoms with Crippen molar-refractivity contribution < 1.29 is 27.5 Å². The summed E-state index contributed by atoms with van der Waals surface area (Å²) in [5, 5.41) is 5.37. The second-order valence-electron chi connectivity index (χ2n) is 7.87. The molecular formula is C23H29N3O6S. The molecule has 2 unspecified atom stereocenters. The Morgan fingerprint density at radius 1 is 1.03 bits per heavy atom. The van der Waals surface area contributed by atoms with Crippen LogP contribution in [0, 0.1) is 0 Å². The van der Waals surface area contributed by atoms with Crippen LogP contribution in [0.2, 0.25) is 0 Å². The summed E-state index contributed by atoms with van der Waals surface area (Å²) in [6, 6.07) is 13.1. The molecule has 33 heavy (non-hydrogen) atoms. The van der Waals surface area contributed by atoms with Gasteiger partial charge in [0.15, 0.2) is 0 Å². The number of carbonyl (C=O) groups is 2. The molecule has 1 saturated heterocycles. The van der Waals surface area contributed by atoms with Gasteiger partial charge >= 0.3 is 0 Å². The van der Waals surface area contributed by atoms with E-state index < -0.39 is 15.9 Å². The zero-order chi connectivity index (χ0) is 24.0. The molecule has 9 nitrogen and oxygen atoms in total. The number of ether oxygens (including phenoxy) is 2. The van der Waals surface area contributed by atoms with Crippen molar-refractivity contribution in [1.29, 1.82) is 0 Å². The van der Waals surface area contributed by atoms with Gasteiger partial charge in [0, 0.05) is 25.2 Å². The number of hydrogen-bond acceptors (Lipinski definition) is 6. The van der Waals surface area contributed by atoms with Gasteiger partial charge in [0.05, 0.1) is 36.3 Å². The third-order valence-corrected chi connectivity index (χ3v) is 7.00. The number of rotatable bonds is 8. The maximum atomic E-state index is 12.7. The molecule has 0 spiro atoms. The molecule has 0 bridgehead atoms. The van der Waals surface area contributed by atoms with Gasteiger partial charge in [0.2, 0.25) is 10.0 Å². The average Bonchev–Trinajstić information content (AvgIpc) is 2.78. The molecule has 2 atom stereocenters. The average molecular weight is 476 g/mol. The van der Waals surface area contributed by atoms with E-state index in [4.69, 9.17) is 9.47 Å². The fraction of sp³-hybridized carbons (Fsp3) is 0.391. The van der Waals surface area contributed by atoms with E-state index in [2.05, 4.69) is 10.6 Å². The Morgan fingerprint density at radius 2 is 1.67 bits per heavy atom. The number of para-hydroxylation sites is 1. The highest BCUT2D eigenvalue weighted by molar-refractivity contribution is 7.89. The van der Waals surface area contributed by atoms with Gasteiger partial charge in [-0.3, -0.25) is 9.59 Å². The Hall–Kier alpha value is -2.95. The van der Waals surface area contributed by atoms with Gasteiger partial charge in [-0.1, -0.05) is 12.1 Å². The van der Waals surface area contributed by atoms with Gasteiger partial charge in [-0.2, -0.15) is 4.31 Å². The summed E-state index contributed by atoms with van der Waals surface area (Å²) < 4.78 is 37.4. The van der Waals surface area contributed by atoms with Crippen LogP contribution in [-0.4, -0.2) is 69.2 Å². The molecule has 0 radical (unpaired) electrons.